The standard InChI is InChI=1S/C16H23N3O2S/c17-10-12(11-6-7-11)18-15(20)13-4-1-2-8-19(13)16(21)14-5-3-9-22-14/h3,5,9,11-13H,1-2,4,6-8,10,17H2,(H,18,20). The summed E-state index contributed by atoms with van der Waals surface area (Å²) in [6.45, 7) is 1.13. The van der Waals surface area contributed by atoms with Crippen molar-refractivity contribution in [2.75, 3.05) is 13.1 Å². The van der Waals surface area contributed by atoms with Crippen molar-refractivity contribution < 1.29 is 9.59 Å². The smallest absolute Gasteiger partial charge is 0.264 e. The predicted molar refractivity (Wildman–Crippen MR) is 86.7 cm³/mol. The van der Waals surface area contributed by atoms with Crippen LogP contribution in [0, 0.1) is 5.92 Å². The first-order valence-electron chi connectivity index (χ1n) is 8.05. The summed E-state index contributed by atoms with van der Waals surface area (Å²) in [5.41, 5.74) is 5.77. The van der Waals surface area contributed by atoms with Gasteiger partial charge in [-0.3, -0.25) is 9.59 Å². The summed E-state index contributed by atoms with van der Waals surface area (Å²) in [5, 5.41) is 4.97. The van der Waals surface area contributed by atoms with Crippen LogP contribution in [0.1, 0.15) is 41.8 Å². The Morgan fingerprint density at radius 1 is 1.36 bits per heavy atom. The molecule has 2 fully saturated rings. The van der Waals surface area contributed by atoms with Gasteiger partial charge in [-0.25, -0.2) is 0 Å². The minimum absolute atomic E-state index is 0.0226. The van der Waals surface area contributed by atoms with E-state index in [2.05, 4.69) is 5.32 Å². The van der Waals surface area contributed by atoms with Crippen molar-refractivity contribution in [1.29, 1.82) is 0 Å². The highest BCUT2D eigenvalue weighted by molar-refractivity contribution is 7.12. The molecule has 120 valence electrons. The molecule has 5 nitrogen and oxygen atoms in total. The largest absolute Gasteiger partial charge is 0.350 e. The van der Waals surface area contributed by atoms with E-state index in [4.69, 9.17) is 5.73 Å². The average Bonchev–Trinajstić information content (AvgIpc) is 3.25. The number of carbonyl (C=O) groups is 2. The van der Waals surface area contributed by atoms with Gasteiger partial charge in [-0.2, -0.15) is 0 Å². The molecule has 2 aliphatic rings. The summed E-state index contributed by atoms with van der Waals surface area (Å²) in [4.78, 5) is 27.7. The molecule has 0 aromatic carbocycles. The van der Waals surface area contributed by atoms with E-state index in [1.807, 2.05) is 17.5 Å². The number of hydrogen-bond acceptors (Lipinski definition) is 4. The number of nitrogens with zero attached hydrogens (tertiary/aromatic N) is 1. The first kappa shape index (κ1) is 15.5. The van der Waals surface area contributed by atoms with Gasteiger partial charge in [0.15, 0.2) is 0 Å². The van der Waals surface area contributed by atoms with E-state index >= 15 is 0 Å². The number of nitrogens with one attached hydrogen (secondary N) is 1. The topological polar surface area (TPSA) is 75.4 Å². The molecule has 2 atom stereocenters. The molecule has 1 aromatic rings. The number of carbonyl (C=O) groups excluding carboxylic acids is 2. The fourth-order valence-electron chi connectivity index (χ4n) is 3.14. The highest BCUT2D eigenvalue weighted by Crippen LogP contribution is 2.32. The third-order valence-electron chi connectivity index (χ3n) is 4.57. The van der Waals surface area contributed by atoms with E-state index in [0.717, 1.165) is 32.1 Å². The summed E-state index contributed by atoms with van der Waals surface area (Å²) in [6.07, 6.45) is 4.98. The normalized spacial score (nSPS) is 23.1. The molecule has 1 saturated carbocycles. The molecule has 2 amide bonds. The zero-order valence-electron chi connectivity index (χ0n) is 12.7. The first-order valence-corrected chi connectivity index (χ1v) is 8.93. The molecular formula is C16H23N3O2S. The van der Waals surface area contributed by atoms with Crippen LogP contribution in [0.4, 0.5) is 0 Å². The average molecular weight is 321 g/mol. The molecular weight excluding hydrogens is 298 g/mol. The maximum atomic E-state index is 12.6. The van der Waals surface area contributed by atoms with Gasteiger partial charge in [0.25, 0.3) is 5.91 Å². The highest BCUT2D eigenvalue weighted by atomic mass is 32.1. The van der Waals surface area contributed by atoms with Crippen molar-refractivity contribution in [3.8, 4) is 0 Å². The van der Waals surface area contributed by atoms with E-state index in [-0.39, 0.29) is 23.9 Å². The Labute approximate surface area is 134 Å². The van der Waals surface area contributed by atoms with Gasteiger partial charge in [0.05, 0.1) is 4.88 Å². The van der Waals surface area contributed by atoms with Crippen molar-refractivity contribution in [2.24, 2.45) is 11.7 Å². The summed E-state index contributed by atoms with van der Waals surface area (Å²) >= 11 is 1.43. The van der Waals surface area contributed by atoms with Crippen LogP contribution < -0.4 is 11.1 Å². The van der Waals surface area contributed by atoms with Crippen LogP contribution in [0.2, 0.25) is 0 Å². The SMILES string of the molecule is NCC(NC(=O)C1CCCCN1C(=O)c1cccs1)C1CC1. The third kappa shape index (κ3) is 3.33. The molecule has 0 bridgehead atoms. The monoisotopic (exact) mass is 321 g/mol. The number of piperidine rings is 1. The van der Waals surface area contributed by atoms with E-state index in [1.165, 1.54) is 11.3 Å². The molecule has 1 aliphatic heterocycles. The second-order valence-electron chi connectivity index (χ2n) is 6.18. The molecule has 3 N–H and O–H groups in total. The fraction of sp³-hybridized carbons (Fsp3) is 0.625. The predicted octanol–water partition coefficient (Wildman–Crippen LogP) is 1.60. The van der Waals surface area contributed by atoms with Gasteiger partial charge < -0.3 is 16.0 Å². The lowest BCUT2D eigenvalue weighted by Crippen LogP contribution is -2.55. The molecule has 22 heavy (non-hydrogen) atoms. The number of nitrogens with two attached hydrogens (primary N) is 1. The Balaban J connectivity index is 1.68. The second kappa shape index (κ2) is 6.79. The number of rotatable bonds is 5. The van der Waals surface area contributed by atoms with Crippen LogP contribution in [0.15, 0.2) is 17.5 Å². The van der Waals surface area contributed by atoms with E-state index in [1.54, 1.807) is 4.90 Å². The summed E-state index contributed by atoms with van der Waals surface area (Å²) in [7, 11) is 0. The van der Waals surface area contributed by atoms with Crippen molar-refractivity contribution in [3.05, 3.63) is 22.4 Å². The van der Waals surface area contributed by atoms with Crippen molar-refractivity contribution >= 4 is 23.2 Å². The number of amides is 2. The molecule has 6 heteroatoms. The Bertz CT molecular complexity index is 528. The summed E-state index contributed by atoms with van der Waals surface area (Å²) in [5.74, 6) is 0.469. The molecule has 0 radical (unpaired) electrons. The van der Waals surface area contributed by atoms with Gasteiger partial charge in [0.1, 0.15) is 6.04 Å². The molecule has 2 heterocycles. The Kier molecular flexibility index (Phi) is 4.78. The third-order valence-corrected chi connectivity index (χ3v) is 5.43. The zero-order chi connectivity index (χ0) is 15.5. The van der Waals surface area contributed by atoms with E-state index < -0.39 is 0 Å². The number of thiophene rings is 1. The molecule has 1 aromatic heterocycles. The molecule has 1 aliphatic carbocycles. The fourth-order valence-corrected chi connectivity index (χ4v) is 3.81. The minimum atomic E-state index is -0.351. The minimum Gasteiger partial charge on any atom is -0.350 e. The quantitative estimate of drug-likeness (QED) is 0.865. The van der Waals surface area contributed by atoms with E-state index in [9.17, 15) is 9.59 Å². The first-order chi connectivity index (χ1) is 10.7. The number of likely N-dealkylation sites (tertiary alicyclic amines) is 1. The zero-order valence-corrected chi connectivity index (χ0v) is 13.5. The van der Waals surface area contributed by atoms with Crippen molar-refractivity contribution in [1.82, 2.24) is 10.2 Å². The van der Waals surface area contributed by atoms with E-state index in [0.29, 0.717) is 23.9 Å². The molecule has 0 spiro atoms. The van der Waals surface area contributed by atoms with Gasteiger partial charge in [0, 0.05) is 19.1 Å². The van der Waals surface area contributed by atoms with Gasteiger partial charge in [-0.15, -0.1) is 11.3 Å². The Hall–Kier alpha value is -1.40. The van der Waals surface area contributed by atoms with Gasteiger partial charge in [0.2, 0.25) is 5.91 Å². The second-order valence-corrected chi connectivity index (χ2v) is 7.12. The Morgan fingerprint density at radius 2 is 2.18 bits per heavy atom. The van der Waals surface area contributed by atoms with Crippen LogP contribution in [-0.4, -0.2) is 41.9 Å². The maximum Gasteiger partial charge on any atom is 0.264 e. The van der Waals surface area contributed by atoms with Crippen LogP contribution in [0.3, 0.4) is 0 Å². The Morgan fingerprint density at radius 3 is 2.82 bits per heavy atom. The van der Waals surface area contributed by atoms with Crippen molar-refractivity contribution in [3.63, 3.8) is 0 Å². The molecule has 1 saturated heterocycles. The molecule has 2 unspecified atom stereocenters. The van der Waals surface area contributed by atoms with Crippen LogP contribution >= 0.6 is 11.3 Å². The summed E-state index contributed by atoms with van der Waals surface area (Å²) in [6, 6.07) is 3.40. The summed E-state index contributed by atoms with van der Waals surface area (Å²) < 4.78 is 0. The number of hydrogen-bond donors (Lipinski definition) is 2. The maximum absolute atomic E-state index is 12.6. The van der Waals surface area contributed by atoms with Crippen LogP contribution in [0.25, 0.3) is 0 Å². The lowest BCUT2D eigenvalue weighted by molar-refractivity contribution is -0.127. The highest BCUT2D eigenvalue weighted by Gasteiger charge is 2.36. The molecule has 3 rings (SSSR count). The lowest BCUT2D eigenvalue weighted by atomic mass is 10.00. The van der Waals surface area contributed by atoms with Crippen LogP contribution in [-0.2, 0) is 4.79 Å². The van der Waals surface area contributed by atoms with Crippen LogP contribution in [0.5, 0.6) is 0 Å². The van der Waals surface area contributed by atoms with Gasteiger partial charge in [-0.05, 0) is 49.5 Å². The van der Waals surface area contributed by atoms with Gasteiger partial charge in [-0.1, -0.05) is 6.07 Å². The van der Waals surface area contributed by atoms with Gasteiger partial charge >= 0.3 is 0 Å². The van der Waals surface area contributed by atoms with Crippen molar-refractivity contribution in [2.45, 2.75) is 44.2 Å². The lowest BCUT2D eigenvalue weighted by Gasteiger charge is -2.35.